The Kier molecular flexibility index (Phi) is 3.05. The predicted octanol–water partition coefficient (Wildman–Crippen LogP) is 2.91. The van der Waals surface area contributed by atoms with Crippen molar-refractivity contribution in [3.05, 3.63) is 23.2 Å². The van der Waals surface area contributed by atoms with Crippen molar-refractivity contribution in [1.82, 2.24) is 0 Å². The summed E-state index contributed by atoms with van der Waals surface area (Å²) < 4.78 is 13.6. The molecule has 0 unspecified atom stereocenters. The van der Waals surface area contributed by atoms with Gasteiger partial charge in [-0.3, -0.25) is 0 Å². The second-order valence-corrected chi connectivity index (χ2v) is 2.95. The zero-order valence-electron chi connectivity index (χ0n) is 5.87. The van der Waals surface area contributed by atoms with Crippen LogP contribution in [0.1, 0.15) is 0 Å². The van der Waals surface area contributed by atoms with E-state index in [0.29, 0.717) is 27.7 Å². The lowest BCUT2D eigenvalue weighted by Gasteiger charge is -2.02. The van der Waals surface area contributed by atoms with E-state index in [-0.39, 0.29) is 0 Å². The zero-order chi connectivity index (χ0) is 8.27. The highest BCUT2D eigenvalue weighted by Crippen LogP contribution is 2.28. The Labute approximate surface area is 74.3 Å². The average molecular weight is 191 g/mol. The Morgan fingerprint density at radius 2 is 2.27 bits per heavy atom. The minimum atomic E-state index is 0.506. The second-order valence-electron chi connectivity index (χ2n) is 1.89. The fraction of sp³-hybridized carbons (Fsp3) is 0.143. The summed E-state index contributed by atoms with van der Waals surface area (Å²) in [5.41, 5.74) is 0. The highest BCUT2D eigenvalue weighted by atomic mass is 35.5. The van der Waals surface area contributed by atoms with E-state index in [1.807, 2.05) is 0 Å². The van der Waals surface area contributed by atoms with Crippen LogP contribution in [0.25, 0.3) is 0 Å². The molecule has 1 aromatic carbocycles. The Bertz CT molecular complexity index is 252. The first kappa shape index (κ1) is 8.71. The Morgan fingerprint density at radius 3 is 2.73 bits per heavy atom. The summed E-state index contributed by atoms with van der Waals surface area (Å²) in [4.78, 5) is 0.704. The van der Waals surface area contributed by atoms with E-state index in [4.69, 9.17) is 20.9 Å². The van der Waals surface area contributed by atoms with Gasteiger partial charge in [0.1, 0.15) is 5.75 Å². The van der Waals surface area contributed by atoms with Gasteiger partial charge in [0.15, 0.2) is 0 Å². The molecule has 4 heteroatoms. The minimum absolute atomic E-state index is 0.506. The molecular formula is C7H7ClO2S. The SMILES string of the molecule is COc1ccc(SO)cc1Cl. The van der Waals surface area contributed by atoms with E-state index in [1.54, 1.807) is 25.3 Å². The van der Waals surface area contributed by atoms with Gasteiger partial charge in [-0.1, -0.05) is 11.6 Å². The van der Waals surface area contributed by atoms with Crippen molar-refractivity contribution in [2.24, 2.45) is 0 Å². The van der Waals surface area contributed by atoms with E-state index in [9.17, 15) is 0 Å². The van der Waals surface area contributed by atoms with Crippen molar-refractivity contribution in [2.75, 3.05) is 7.11 Å². The Hall–Kier alpha value is -0.380. The smallest absolute Gasteiger partial charge is 0.137 e. The maximum Gasteiger partial charge on any atom is 0.137 e. The Balaban J connectivity index is 2.99. The van der Waals surface area contributed by atoms with Crippen molar-refractivity contribution in [1.29, 1.82) is 0 Å². The summed E-state index contributed by atoms with van der Waals surface area (Å²) in [6.07, 6.45) is 0. The van der Waals surface area contributed by atoms with Gasteiger partial charge in [0, 0.05) is 16.9 Å². The van der Waals surface area contributed by atoms with Crippen LogP contribution in [-0.4, -0.2) is 11.7 Å². The molecule has 11 heavy (non-hydrogen) atoms. The molecule has 0 saturated carbocycles. The lowest BCUT2D eigenvalue weighted by molar-refractivity contribution is 0.414. The third-order valence-corrected chi connectivity index (χ3v) is 1.99. The molecule has 0 saturated heterocycles. The molecule has 1 N–H and O–H groups in total. The van der Waals surface area contributed by atoms with Crippen LogP contribution in [0.2, 0.25) is 5.02 Å². The summed E-state index contributed by atoms with van der Waals surface area (Å²) in [7, 11) is 1.55. The first-order chi connectivity index (χ1) is 5.27. The summed E-state index contributed by atoms with van der Waals surface area (Å²) in [6, 6.07) is 5.08. The van der Waals surface area contributed by atoms with Gasteiger partial charge in [0.2, 0.25) is 0 Å². The molecule has 60 valence electrons. The summed E-state index contributed by atoms with van der Waals surface area (Å²) in [5, 5.41) is 0.506. The highest BCUT2D eigenvalue weighted by Gasteiger charge is 2.00. The fourth-order valence-corrected chi connectivity index (χ4v) is 1.33. The maximum atomic E-state index is 8.64. The van der Waals surface area contributed by atoms with Gasteiger partial charge in [-0.05, 0) is 18.2 Å². The monoisotopic (exact) mass is 190 g/mol. The molecule has 0 aliphatic heterocycles. The highest BCUT2D eigenvalue weighted by molar-refractivity contribution is 7.93. The number of ether oxygens (including phenoxy) is 1. The number of rotatable bonds is 2. The van der Waals surface area contributed by atoms with Crippen LogP contribution in [0.15, 0.2) is 23.1 Å². The number of halogens is 1. The summed E-state index contributed by atoms with van der Waals surface area (Å²) in [5.74, 6) is 0.615. The molecule has 0 aliphatic carbocycles. The van der Waals surface area contributed by atoms with Gasteiger partial charge in [-0.15, -0.1) is 0 Å². The van der Waals surface area contributed by atoms with Crippen LogP contribution in [-0.2, 0) is 0 Å². The molecule has 1 rings (SSSR count). The van der Waals surface area contributed by atoms with Crippen LogP contribution in [0.5, 0.6) is 5.75 Å². The van der Waals surface area contributed by atoms with Crippen LogP contribution < -0.4 is 4.74 Å². The molecule has 0 bridgehead atoms. The molecule has 0 fully saturated rings. The molecule has 0 aromatic heterocycles. The van der Waals surface area contributed by atoms with E-state index in [0.717, 1.165) is 0 Å². The molecular weight excluding hydrogens is 184 g/mol. The molecule has 0 spiro atoms. The first-order valence-corrected chi connectivity index (χ1v) is 4.08. The van der Waals surface area contributed by atoms with Crippen LogP contribution in [0, 0.1) is 0 Å². The topological polar surface area (TPSA) is 29.5 Å². The summed E-state index contributed by atoms with van der Waals surface area (Å²) >= 11 is 6.42. The third kappa shape index (κ3) is 2.02. The van der Waals surface area contributed by atoms with Gasteiger partial charge >= 0.3 is 0 Å². The average Bonchev–Trinajstić information content (AvgIpc) is 2.04. The zero-order valence-corrected chi connectivity index (χ0v) is 7.45. The Morgan fingerprint density at radius 1 is 1.55 bits per heavy atom. The molecule has 1 aromatic rings. The van der Waals surface area contributed by atoms with Crippen molar-refractivity contribution in [3.8, 4) is 5.75 Å². The van der Waals surface area contributed by atoms with Gasteiger partial charge in [0.25, 0.3) is 0 Å². The molecule has 0 amide bonds. The molecule has 0 heterocycles. The molecule has 0 radical (unpaired) electrons. The van der Waals surface area contributed by atoms with Crippen molar-refractivity contribution >= 4 is 23.6 Å². The number of hydrogen-bond acceptors (Lipinski definition) is 3. The van der Waals surface area contributed by atoms with E-state index in [1.165, 1.54) is 0 Å². The van der Waals surface area contributed by atoms with Crippen LogP contribution in [0.4, 0.5) is 0 Å². The van der Waals surface area contributed by atoms with E-state index in [2.05, 4.69) is 0 Å². The van der Waals surface area contributed by atoms with Gasteiger partial charge in [-0.2, -0.15) is 0 Å². The number of hydrogen-bond donors (Lipinski definition) is 1. The normalized spacial score (nSPS) is 9.73. The van der Waals surface area contributed by atoms with Crippen LogP contribution in [0.3, 0.4) is 0 Å². The summed E-state index contributed by atoms with van der Waals surface area (Å²) in [6.45, 7) is 0. The quantitative estimate of drug-likeness (QED) is 0.728. The van der Waals surface area contributed by atoms with Gasteiger partial charge < -0.3 is 9.29 Å². The minimum Gasteiger partial charge on any atom is -0.495 e. The lowest BCUT2D eigenvalue weighted by Crippen LogP contribution is -1.83. The van der Waals surface area contributed by atoms with Crippen LogP contribution >= 0.6 is 23.6 Å². The van der Waals surface area contributed by atoms with Gasteiger partial charge in [0.05, 0.1) is 12.1 Å². The predicted molar refractivity (Wildman–Crippen MR) is 46.5 cm³/mol. The van der Waals surface area contributed by atoms with Crippen molar-refractivity contribution < 1.29 is 9.29 Å². The second kappa shape index (κ2) is 3.85. The number of benzene rings is 1. The third-order valence-electron chi connectivity index (χ3n) is 1.23. The van der Waals surface area contributed by atoms with Crippen molar-refractivity contribution in [3.63, 3.8) is 0 Å². The largest absolute Gasteiger partial charge is 0.495 e. The van der Waals surface area contributed by atoms with Gasteiger partial charge in [-0.25, -0.2) is 0 Å². The maximum absolute atomic E-state index is 8.64. The van der Waals surface area contributed by atoms with E-state index < -0.39 is 0 Å². The van der Waals surface area contributed by atoms with E-state index >= 15 is 0 Å². The molecule has 0 atom stereocenters. The fourth-order valence-electron chi connectivity index (χ4n) is 0.704. The first-order valence-electron chi connectivity index (χ1n) is 2.93. The van der Waals surface area contributed by atoms with Crippen molar-refractivity contribution in [2.45, 2.75) is 4.90 Å². The number of methoxy groups -OCH3 is 1. The molecule has 0 aliphatic rings. The standard InChI is InChI=1S/C7H7ClO2S/c1-10-7-3-2-5(11-9)4-6(7)8/h2-4,9H,1H3. The molecule has 2 nitrogen and oxygen atoms in total. The lowest BCUT2D eigenvalue weighted by atomic mass is 10.3.